The SMILES string of the molecule is O=C(O)Cc1c(C(=O)c2nccs2)[nH]c2ccc(Cl)cc12. The monoisotopic (exact) mass is 320 g/mol. The molecule has 5 nitrogen and oxygen atoms in total. The zero-order valence-corrected chi connectivity index (χ0v) is 12.2. The predicted molar refractivity (Wildman–Crippen MR) is 80.2 cm³/mol. The van der Waals surface area contributed by atoms with Crippen LogP contribution in [0.5, 0.6) is 0 Å². The van der Waals surface area contributed by atoms with Gasteiger partial charge in [-0.3, -0.25) is 9.59 Å². The van der Waals surface area contributed by atoms with Gasteiger partial charge in [0.1, 0.15) is 0 Å². The van der Waals surface area contributed by atoms with E-state index >= 15 is 0 Å². The number of carbonyl (C=O) groups excluding carboxylic acids is 1. The van der Waals surface area contributed by atoms with Crippen LogP contribution >= 0.6 is 22.9 Å². The Balaban J connectivity index is 2.21. The van der Waals surface area contributed by atoms with Gasteiger partial charge < -0.3 is 10.1 Å². The normalized spacial score (nSPS) is 10.9. The smallest absolute Gasteiger partial charge is 0.307 e. The highest BCUT2D eigenvalue weighted by molar-refractivity contribution is 7.11. The lowest BCUT2D eigenvalue weighted by Gasteiger charge is -2.00. The lowest BCUT2D eigenvalue weighted by atomic mass is 10.1. The first-order chi connectivity index (χ1) is 10.1. The molecular formula is C14H9ClN2O3S. The highest BCUT2D eigenvalue weighted by atomic mass is 35.5. The van der Waals surface area contributed by atoms with Crippen LogP contribution in [-0.2, 0) is 11.2 Å². The van der Waals surface area contributed by atoms with Crippen molar-refractivity contribution in [3.05, 3.63) is 51.1 Å². The van der Waals surface area contributed by atoms with Crippen molar-refractivity contribution < 1.29 is 14.7 Å². The number of hydrogen-bond acceptors (Lipinski definition) is 4. The summed E-state index contributed by atoms with van der Waals surface area (Å²) in [6.07, 6.45) is 1.28. The molecule has 1 aromatic carbocycles. The maximum atomic E-state index is 12.5. The number of aromatic nitrogens is 2. The second kappa shape index (κ2) is 5.31. The molecule has 3 aromatic rings. The van der Waals surface area contributed by atoms with Gasteiger partial charge in [0, 0.05) is 33.1 Å². The highest BCUT2D eigenvalue weighted by Gasteiger charge is 2.22. The van der Waals surface area contributed by atoms with Gasteiger partial charge in [-0.05, 0) is 18.2 Å². The van der Waals surface area contributed by atoms with E-state index in [-0.39, 0.29) is 17.9 Å². The largest absolute Gasteiger partial charge is 0.481 e. The number of fused-ring (bicyclic) bond motifs is 1. The van der Waals surface area contributed by atoms with E-state index in [0.29, 0.717) is 26.5 Å². The van der Waals surface area contributed by atoms with Crippen LogP contribution in [0.2, 0.25) is 5.02 Å². The molecule has 2 aromatic heterocycles. The van der Waals surface area contributed by atoms with Crippen molar-refractivity contribution in [3.8, 4) is 0 Å². The average Bonchev–Trinajstić information content (AvgIpc) is 3.06. The molecule has 0 bridgehead atoms. The maximum Gasteiger partial charge on any atom is 0.307 e. The van der Waals surface area contributed by atoms with Crippen LogP contribution in [0, 0.1) is 0 Å². The Labute approximate surface area is 128 Å². The van der Waals surface area contributed by atoms with Gasteiger partial charge >= 0.3 is 5.97 Å². The number of nitrogens with zero attached hydrogens (tertiary/aromatic N) is 1. The molecule has 0 aliphatic heterocycles. The van der Waals surface area contributed by atoms with E-state index in [0.717, 1.165) is 0 Å². The number of carboxylic acid groups (broad SMARTS) is 1. The minimum absolute atomic E-state index is 0.254. The van der Waals surface area contributed by atoms with E-state index in [1.165, 1.54) is 17.5 Å². The summed E-state index contributed by atoms with van der Waals surface area (Å²) in [5.41, 5.74) is 1.36. The van der Waals surface area contributed by atoms with Crippen LogP contribution < -0.4 is 0 Å². The Hall–Kier alpha value is -2.18. The molecule has 2 N–H and O–H groups in total. The number of thiazole rings is 1. The van der Waals surface area contributed by atoms with Crippen LogP contribution in [0.3, 0.4) is 0 Å². The van der Waals surface area contributed by atoms with Crippen LogP contribution in [0.25, 0.3) is 10.9 Å². The molecule has 3 rings (SSSR count). The van der Waals surface area contributed by atoms with Crippen molar-refractivity contribution in [1.29, 1.82) is 0 Å². The summed E-state index contributed by atoms with van der Waals surface area (Å²) < 4.78 is 0. The maximum absolute atomic E-state index is 12.5. The van der Waals surface area contributed by atoms with Crippen molar-refractivity contribution >= 4 is 45.6 Å². The second-order valence-electron chi connectivity index (χ2n) is 4.41. The molecule has 0 saturated carbocycles. The molecule has 0 amide bonds. The molecule has 7 heteroatoms. The first-order valence-electron chi connectivity index (χ1n) is 6.02. The number of halogens is 1. The molecule has 0 aliphatic carbocycles. The molecule has 0 radical (unpaired) electrons. The predicted octanol–water partition coefficient (Wildman–Crippen LogP) is 3.14. The fourth-order valence-corrected chi connectivity index (χ4v) is 2.94. The number of aromatic amines is 1. The van der Waals surface area contributed by atoms with E-state index in [1.807, 2.05) is 0 Å². The van der Waals surface area contributed by atoms with E-state index in [2.05, 4.69) is 9.97 Å². The Morgan fingerprint density at radius 2 is 2.19 bits per heavy atom. The average molecular weight is 321 g/mol. The fraction of sp³-hybridized carbons (Fsp3) is 0.0714. The Morgan fingerprint density at radius 3 is 2.86 bits per heavy atom. The molecule has 0 unspecified atom stereocenters. The van der Waals surface area contributed by atoms with E-state index in [9.17, 15) is 9.59 Å². The number of benzene rings is 1. The lowest BCUT2D eigenvalue weighted by Crippen LogP contribution is -2.08. The van der Waals surface area contributed by atoms with Crippen LogP contribution in [0.1, 0.15) is 21.1 Å². The molecule has 0 fully saturated rings. The minimum Gasteiger partial charge on any atom is -0.481 e. The van der Waals surface area contributed by atoms with E-state index in [1.54, 1.807) is 23.6 Å². The zero-order chi connectivity index (χ0) is 15.0. The van der Waals surface area contributed by atoms with Gasteiger partial charge in [-0.2, -0.15) is 0 Å². The van der Waals surface area contributed by atoms with Crippen LogP contribution in [0.4, 0.5) is 0 Å². The summed E-state index contributed by atoms with van der Waals surface area (Å²) in [4.78, 5) is 30.5. The standard InChI is InChI=1S/C14H9ClN2O3S/c15-7-1-2-10-8(5-7)9(6-11(18)19)12(17-10)13(20)14-16-3-4-21-14/h1-5,17H,6H2,(H,18,19). The molecule has 0 saturated heterocycles. The second-order valence-corrected chi connectivity index (χ2v) is 5.74. The van der Waals surface area contributed by atoms with Gasteiger partial charge in [-0.1, -0.05) is 11.6 Å². The molecule has 2 heterocycles. The Kier molecular flexibility index (Phi) is 3.48. The number of aliphatic carboxylic acids is 1. The Bertz CT molecular complexity index is 839. The molecule has 0 atom stereocenters. The summed E-state index contributed by atoms with van der Waals surface area (Å²) in [6.45, 7) is 0. The summed E-state index contributed by atoms with van der Waals surface area (Å²) in [7, 11) is 0. The van der Waals surface area contributed by atoms with E-state index < -0.39 is 5.97 Å². The van der Waals surface area contributed by atoms with Gasteiger partial charge in [0.2, 0.25) is 5.78 Å². The Morgan fingerprint density at radius 1 is 1.38 bits per heavy atom. The fourth-order valence-electron chi connectivity index (χ4n) is 2.19. The number of hydrogen-bond donors (Lipinski definition) is 2. The number of ketones is 1. The summed E-state index contributed by atoms with van der Waals surface area (Å²) in [5.74, 6) is -1.32. The highest BCUT2D eigenvalue weighted by Crippen LogP contribution is 2.28. The number of carbonyl (C=O) groups is 2. The van der Waals surface area contributed by atoms with Gasteiger partial charge in [0.25, 0.3) is 0 Å². The first kappa shape index (κ1) is 13.8. The minimum atomic E-state index is -1.01. The number of rotatable bonds is 4. The van der Waals surface area contributed by atoms with Gasteiger partial charge in [0.05, 0.1) is 12.1 Å². The third-order valence-corrected chi connectivity index (χ3v) is 4.06. The zero-order valence-electron chi connectivity index (χ0n) is 10.6. The van der Waals surface area contributed by atoms with Crippen LogP contribution in [0.15, 0.2) is 29.8 Å². The summed E-state index contributed by atoms with van der Waals surface area (Å²) in [6, 6.07) is 5.06. The van der Waals surface area contributed by atoms with Crippen molar-refractivity contribution in [2.24, 2.45) is 0 Å². The molecule has 21 heavy (non-hydrogen) atoms. The quantitative estimate of drug-likeness (QED) is 0.723. The van der Waals surface area contributed by atoms with Crippen molar-refractivity contribution in [2.75, 3.05) is 0 Å². The molecule has 0 aliphatic rings. The first-order valence-corrected chi connectivity index (χ1v) is 7.28. The topological polar surface area (TPSA) is 83.0 Å². The summed E-state index contributed by atoms with van der Waals surface area (Å²) >= 11 is 7.17. The van der Waals surface area contributed by atoms with E-state index in [4.69, 9.17) is 16.7 Å². The number of carboxylic acids is 1. The van der Waals surface area contributed by atoms with Crippen molar-refractivity contribution in [1.82, 2.24) is 9.97 Å². The number of nitrogens with one attached hydrogen (secondary N) is 1. The molecular weight excluding hydrogens is 312 g/mol. The van der Waals surface area contributed by atoms with Gasteiger partial charge in [-0.15, -0.1) is 11.3 Å². The number of H-pyrrole nitrogens is 1. The van der Waals surface area contributed by atoms with Crippen LogP contribution in [-0.4, -0.2) is 26.8 Å². The van der Waals surface area contributed by atoms with Gasteiger partial charge in [-0.25, -0.2) is 4.98 Å². The third kappa shape index (κ3) is 2.55. The van der Waals surface area contributed by atoms with Crippen molar-refractivity contribution in [2.45, 2.75) is 6.42 Å². The lowest BCUT2D eigenvalue weighted by molar-refractivity contribution is -0.136. The molecule has 0 spiro atoms. The van der Waals surface area contributed by atoms with Gasteiger partial charge in [0.15, 0.2) is 5.01 Å². The van der Waals surface area contributed by atoms with Crippen molar-refractivity contribution in [3.63, 3.8) is 0 Å². The summed E-state index contributed by atoms with van der Waals surface area (Å²) in [5, 5.41) is 12.2. The third-order valence-electron chi connectivity index (χ3n) is 3.05. The molecule has 106 valence electrons.